The number of anilines is 1. The van der Waals surface area contributed by atoms with Gasteiger partial charge in [0.05, 0.1) is 6.04 Å². The van der Waals surface area contributed by atoms with E-state index in [1.807, 2.05) is 6.92 Å². The number of carbonyl (C=O) groups is 1. The van der Waals surface area contributed by atoms with Gasteiger partial charge >= 0.3 is 0 Å². The average molecular weight is 316 g/mol. The molecule has 1 aromatic carbocycles. The van der Waals surface area contributed by atoms with Crippen molar-refractivity contribution in [3.8, 4) is 0 Å². The first-order chi connectivity index (χ1) is 10.8. The van der Waals surface area contributed by atoms with Gasteiger partial charge in [0.25, 0.3) is 0 Å². The van der Waals surface area contributed by atoms with Crippen LogP contribution in [0.4, 0.5) is 5.69 Å². The van der Waals surface area contributed by atoms with Gasteiger partial charge in [-0.3, -0.25) is 4.79 Å². The molecule has 0 spiro atoms. The first-order valence-electron chi connectivity index (χ1n) is 8.94. The molecule has 1 aliphatic carbocycles. The summed E-state index contributed by atoms with van der Waals surface area (Å²) in [4.78, 5) is 12.6. The summed E-state index contributed by atoms with van der Waals surface area (Å²) >= 11 is 0. The predicted molar refractivity (Wildman–Crippen MR) is 97.8 cm³/mol. The fourth-order valence-electron chi connectivity index (χ4n) is 3.82. The van der Waals surface area contributed by atoms with Crippen LogP contribution in [0.5, 0.6) is 0 Å². The fraction of sp³-hybridized carbons (Fsp3) is 0.650. The van der Waals surface area contributed by atoms with Gasteiger partial charge < -0.3 is 10.6 Å². The molecule has 1 fully saturated rings. The van der Waals surface area contributed by atoms with Crippen molar-refractivity contribution in [1.29, 1.82) is 0 Å². The second-order valence-electron chi connectivity index (χ2n) is 7.53. The molecule has 128 valence electrons. The zero-order chi connectivity index (χ0) is 17.1. The number of aryl methyl sites for hydroxylation is 3. The van der Waals surface area contributed by atoms with Crippen molar-refractivity contribution in [3.05, 3.63) is 28.8 Å². The highest BCUT2D eigenvalue weighted by Crippen LogP contribution is 2.30. The summed E-state index contributed by atoms with van der Waals surface area (Å²) in [5.41, 5.74) is 4.44. The molecule has 0 aromatic heterocycles. The highest BCUT2D eigenvalue weighted by atomic mass is 16.2. The van der Waals surface area contributed by atoms with E-state index < -0.39 is 0 Å². The van der Waals surface area contributed by atoms with E-state index in [2.05, 4.69) is 57.4 Å². The Balaban J connectivity index is 2.00. The monoisotopic (exact) mass is 316 g/mol. The van der Waals surface area contributed by atoms with Crippen LogP contribution >= 0.6 is 0 Å². The molecule has 23 heavy (non-hydrogen) atoms. The van der Waals surface area contributed by atoms with E-state index in [1.165, 1.54) is 24.8 Å². The van der Waals surface area contributed by atoms with E-state index in [1.54, 1.807) is 0 Å². The van der Waals surface area contributed by atoms with E-state index in [9.17, 15) is 4.79 Å². The van der Waals surface area contributed by atoms with E-state index in [0.717, 1.165) is 22.7 Å². The molecule has 1 aromatic rings. The third-order valence-electron chi connectivity index (χ3n) is 5.49. The summed E-state index contributed by atoms with van der Waals surface area (Å²) in [7, 11) is 0. The number of hydrogen-bond donors (Lipinski definition) is 2. The Morgan fingerprint density at radius 3 is 2.35 bits per heavy atom. The lowest BCUT2D eigenvalue weighted by Gasteiger charge is -2.36. The van der Waals surface area contributed by atoms with Crippen molar-refractivity contribution in [2.75, 3.05) is 5.32 Å². The predicted octanol–water partition coefficient (Wildman–Crippen LogP) is 4.35. The van der Waals surface area contributed by atoms with E-state index in [0.29, 0.717) is 12.0 Å². The summed E-state index contributed by atoms with van der Waals surface area (Å²) in [6.45, 7) is 12.8. The van der Waals surface area contributed by atoms with Crippen LogP contribution in [-0.4, -0.2) is 18.0 Å². The van der Waals surface area contributed by atoms with Gasteiger partial charge in [0.2, 0.25) is 5.91 Å². The van der Waals surface area contributed by atoms with Crippen molar-refractivity contribution >= 4 is 11.6 Å². The Bertz CT molecular complexity index is 544. The molecule has 0 bridgehead atoms. The molecule has 0 heterocycles. The number of benzene rings is 1. The topological polar surface area (TPSA) is 41.1 Å². The maximum atomic E-state index is 12.6. The Morgan fingerprint density at radius 1 is 1.13 bits per heavy atom. The van der Waals surface area contributed by atoms with Gasteiger partial charge in [0.1, 0.15) is 0 Å². The third-order valence-corrected chi connectivity index (χ3v) is 5.49. The largest absolute Gasteiger partial charge is 0.324 e. The van der Waals surface area contributed by atoms with Crippen LogP contribution < -0.4 is 10.6 Å². The number of rotatable bonds is 4. The lowest BCUT2D eigenvalue weighted by molar-refractivity contribution is -0.118. The minimum absolute atomic E-state index is 0.0606. The normalized spacial score (nSPS) is 25.9. The van der Waals surface area contributed by atoms with Crippen LogP contribution in [0.1, 0.15) is 56.7 Å². The van der Waals surface area contributed by atoms with Crippen molar-refractivity contribution in [2.24, 2.45) is 11.8 Å². The molecule has 0 unspecified atom stereocenters. The molecule has 4 atom stereocenters. The summed E-state index contributed by atoms with van der Waals surface area (Å²) in [6.07, 6.45) is 3.74. The van der Waals surface area contributed by atoms with E-state index >= 15 is 0 Å². The van der Waals surface area contributed by atoms with Crippen LogP contribution in [0.3, 0.4) is 0 Å². The molecule has 2 N–H and O–H groups in total. The first-order valence-corrected chi connectivity index (χ1v) is 8.94. The van der Waals surface area contributed by atoms with Crippen LogP contribution in [-0.2, 0) is 4.79 Å². The molecule has 1 saturated carbocycles. The summed E-state index contributed by atoms with van der Waals surface area (Å²) in [5, 5.41) is 6.68. The average Bonchev–Trinajstić information content (AvgIpc) is 2.47. The molecule has 2 rings (SSSR count). The second-order valence-corrected chi connectivity index (χ2v) is 7.53. The summed E-state index contributed by atoms with van der Waals surface area (Å²) in [5.74, 6) is 1.42. The van der Waals surface area contributed by atoms with Crippen molar-refractivity contribution < 1.29 is 4.79 Å². The van der Waals surface area contributed by atoms with Crippen LogP contribution in [0.25, 0.3) is 0 Å². The second kappa shape index (κ2) is 7.48. The molecule has 3 heteroatoms. The summed E-state index contributed by atoms with van der Waals surface area (Å²) < 4.78 is 0. The Hall–Kier alpha value is -1.35. The highest BCUT2D eigenvalue weighted by Gasteiger charge is 2.29. The number of hydrogen-bond acceptors (Lipinski definition) is 2. The SMILES string of the molecule is Cc1cc(C)c(NC(=O)[C@H](C)N[C@H]2CCC[C@H](C)[C@@H]2C)c(C)c1. The van der Waals surface area contributed by atoms with Gasteiger partial charge in [-0.15, -0.1) is 0 Å². The van der Waals surface area contributed by atoms with Gasteiger partial charge in [0.15, 0.2) is 0 Å². The summed E-state index contributed by atoms with van der Waals surface area (Å²) in [6, 6.07) is 4.50. The van der Waals surface area contributed by atoms with Crippen LogP contribution in [0, 0.1) is 32.6 Å². The lowest BCUT2D eigenvalue weighted by atomic mass is 9.78. The molecular formula is C20H32N2O. The third kappa shape index (κ3) is 4.35. The fourth-order valence-corrected chi connectivity index (χ4v) is 3.82. The molecule has 3 nitrogen and oxygen atoms in total. The number of carbonyl (C=O) groups excluding carboxylic acids is 1. The van der Waals surface area contributed by atoms with E-state index in [4.69, 9.17) is 0 Å². The molecule has 0 saturated heterocycles. The molecule has 1 amide bonds. The van der Waals surface area contributed by atoms with Crippen molar-refractivity contribution in [1.82, 2.24) is 5.32 Å². The molecule has 1 aliphatic rings. The van der Waals surface area contributed by atoms with Gasteiger partial charge in [-0.25, -0.2) is 0 Å². The Morgan fingerprint density at radius 2 is 1.74 bits per heavy atom. The Labute approximate surface area is 141 Å². The molecular weight excluding hydrogens is 284 g/mol. The van der Waals surface area contributed by atoms with E-state index in [-0.39, 0.29) is 11.9 Å². The number of amides is 1. The molecule has 0 aliphatic heterocycles. The van der Waals surface area contributed by atoms with Gasteiger partial charge in [-0.05, 0) is 57.1 Å². The Kier molecular flexibility index (Phi) is 5.85. The lowest BCUT2D eigenvalue weighted by Crippen LogP contribution is -2.49. The van der Waals surface area contributed by atoms with Crippen molar-refractivity contribution in [3.63, 3.8) is 0 Å². The quantitative estimate of drug-likeness (QED) is 0.867. The number of nitrogens with one attached hydrogen (secondary N) is 2. The smallest absolute Gasteiger partial charge is 0.241 e. The highest BCUT2D eigenvalue weighted by molar-refractivity contribution is 5.96. The zero-order valence-electron chi connectivity index (χ0n) is 15.5. The minimum Gasteiger partial charge on any atom is -0.324 e. The maximum absolute atomic E-state index is 12.6. The maximum Gasteiger partial charge on any atom is 0.241 e. The molecule has 0 radical (unpaired) electrons. The van der Waals surface area contributed by atoms with Crippen molar-refractivity contribution in [2.45, 2.75) is 72.9 Å². The van der Waals surface area contributed by atoms with Gasteiger partial charge in [-0.2, -0.15) is 0 Å². The van der Waals surface area contributed by atoms with Crippen LogP contribution in [0.2, 0.25) is 0 Å². The van der Waals surface area contributed by atoms with Gasteiger partial charge in [0, 0.05) is 11.7 Å². The van der Waals surface area contributed by atoms with Crippen LogP contribution in [0.15, 0.2) is 12.1 Å². The zero-order valence-corrected chi connectivity index (χ0v) is 15.5. The standard InChI is InChI=1S/C20H32N2O/c1-12-10-14(3)19(15(4)11-12)22-20(23)17(6)21-18-9-7-8-13(2)16(18)5/h10-11,13,16-18,21H,7-9H2,1-6H3,(H,22,23)/t13-,16-,17-,18-/m0/s1. The first kappa shape index (κ1) is 18.0. The van der Waals surface area contributed by atoms with Gasteiger partial charge in [-0.1, -0.05) is 44.4 Å². The minimum atomic E-state index is -0.173.